The minimum Gasteiger partial charge on any atom is -0.508 e. The molecule has 2 aromatic carbocycles. The van der Waals surface area contributed by atoms with Crippen LogP contribution in [0.15, 0.2) is 58.3 Å². The standard InChI is InChI=1S/C15H16OS2/c1-12-5-7-14(8-6-12)17-9-10-18-15-4-2-3-13(16)11-15/h2-8,11,16H,9-10H2,1H3. The van der Waals surface area contributed by atoms with Crippen LogP contribution in [0.25, 0.3) is 0 Å². The predicted molar refractivity (Wildman–Crippen MR) is 80.7 cm³/mol. The minimum absolute atomic E-state index is 0.339. The van der Waals surface area contributed by atoms with Gasteiger partial charge < -0.3 is 5.11 Å². The Morgan fingerprint density at radius 1 is 0.889 bits per heavy atom. The first kappa shape index (κ1) is 13.4. The van der Waals surface area contributed by atoms with E-state index in [0.717, 1.165) is 16.4 Å². The molecule has 0 spiro atoms. The number of benzene rings is 2. The van der Waals surface area contributed by atoms with Crippen LogP contribution in [0.5, 0.6) is 5.75 Å². The van der Waals surface area contributed by atoms with Crippen molar-refractivity contribution in [2.45, 2.75) is 16.7 Å². The highest BCUT2D eigenvalue weighted by molar-refractivity contribution is 8.03. The summed E-state index contributed by atoms with van der Waals surface area (Å²) in [5, 5.41) is 9.36. The van der Waals surface area contributed by atoms with Crippen molar-refractivity contribution in [1.82, 2.24) is 0 Å². The third-order valence-corrected chi connectivity index (χ3v) is 4.73. The third kappa shape index (κ3) is 4.31. The van der Waals surface area contributed by atoms with Crippen LogP contribution in [0.4, 0.5) is 0 Å². The van der Waals surface area contributed by atoms with Crippen LogP contribution in [0, 0.1) is 6.92 Å². The van der Waals surface area contributed by atoms with E-state index in [0.29, 0.717) is 5.75 Å². The monoisotopic (exact) mass is 276 g/mol. The van der Waals surface area contributed by atoms with Crippen LogP contribution in [0.3, 0.4) is 0 Å². The number of aromatic hydroxyl groups is 1. The molecule has 0 saturated carbocycles. The Kier molecular flexibility index (Phi) is 5.02. The summed E-state index contributed by atoms with van der Waals surface area (Å²) in [6, 6.07) is 16.0. The average Bonchev–Trinajstić information content (AvgIpc) is 2.37. The number of thioether (sulfide) groups is 2. The summed E-state index contributed by atoms with van der Waals surface area (Å²) < 4.78 is 0. The first-order valence-corrected chi connectivity index (χ1v) is 7.82. The lowest BCUT2D eigenvalue weighted by Crippen LogP contribution is -1.84. The lowest BCUT2D eigenvalue weighted by atomic mass is 10.2. The van der Waals surface area contributed by atoms with E-state index < -0.39 is 0 Å². The minimum atomic E-state index is 0.339. The molecule has 94 valence electrons. The SMILES string of the molecule is Cc1ccc(SCCSc2cccc(O)c2)cc1. The van der Waals surface area contributed by atoms with E-state index in [1.807, 2.05) is 23.9 Å². The Labute approximate surface area is 117 Å². The van der Waals surface area contributed by atoms with E-state index in [9.17, 15) is 5.11 Å². The van der Waals surface area contributed by atoms with Crippen LogP contribution in [-0.2, 0) is 0 Å². The van der Waals surface area contributed by atoms with E-state index in [1.165, 1.54) is 10.5 Å². The maximum absolute atomic E-state index is 9.36. The van der Waals surface area contributed by atoms with Crippen LogP contribution >= 0.6 is 23.5 Å². The van der Waals surface area contributed by atoms with Gasteiger partial charge >= 0.3 is 0 Å². The molecule has 3 heteroatoms. The van der Waals surface area contributed by atoms with Crippen molar-refractivity contribution in [2.75, 3.05) is 11.5 Å². The lowest BCUT2D eigenvalue weighted by molar-refractivity contribution is 0.474. The third-order valence-electron chi connectivity index (χ3n) is 2.46. The molecule has 0 aliphatic rings. The van der Waals surface area contributed by atoms with E-state index >= 15 is 0 Å². The van der Waals surface area contributed by atoms with Gasteiger partial charge in [0, 0.05) is 21.3 Å². The number of phenols is 1. The molecule has 0 fully saturated rings. The molecule has 0 aliphatic heterocycles. The summed E-state index contributed by atoms with van der Waals surface area (Å²) in [5.41, 5.74) is 1.30. The lowest BCUT2D eigenvalue weighted by Gasteiger charge is -2.03. The van der Waals surface area contributed by atoms with Crippen LogP contribution in [-0.4, -0.2) is 16.6 Å². The highest BCUT2D eigenvalue weighted by atomic mass is 32.2. The van der Waals surface area contributed by atoms with Gasteiger partial charge in [0.1, 0.15) is 5.75 Å². The van der Waals surface area contributed by atoms with Crippen LogP contribution in [0.2, 0.25) is 0 Å². The largest absolute Gasteiger partial charge is 0.508 e. The first-order chi connectivity index (χ1) is 8.74. The molecule has 0 aliphatic carbocycles. The average molecular weight is 276 g/mol. The van der Waals surface area contributed by atoms with Gasteiger partial charge in [0.25, 0.3) is 0 Å². The fourth-order valence-corrected chi connectivity index (χ4v) is 3.37. The van der Waals surface area contributed by atoms with Gasteiger partial charge in [0.15, 0.2) is 0 Å². The van der Waals surface area contributed by atoms with Crippen molar-refractivity contribution in [3.8, 4) is 5.75 Å². The number of phenolic OH excluding ortho intramolecular Hbond substituents is 1. The number of hydrogen-bond donors (Lipinski definition) is 1. The molecule has 0 bridgehead atoms. The van der Waals surface area contributed by atoms with Crippen molar-refractivity contribution in [3.05, 3.63) is 54.1 Å². The van der Waals surface area contributed by atoms with Gasteiger partial charge in [0.2, 0.25) is 0 Å². The molecule has 18 heavy (non-hydrogen) atoms. The zero-order chi connectivity index (χ0) is 12.8. The fourth-order valence-electron chi connectivity index (χ4n) is 1.53. The van der Waals surface area contributed by atoms with Gasteiger partial charge in [-0.05, 0) is 37.3 Å². The Morgan fingerprint density at radius 2 is 1.56 bits per heavy atom. The zero-order valence-electron chi connectivity index (χ0n) is 10.3. The smallest absolute Gasteiger partial charge is 0.116 e. The Bertz CT molecular complexity index is 494. The highest BCUT2D eigenvalue weighted by Gasteiger charge is 1.97. The maximum Gasteiger partial charge on any atom is 0.116 e. The second-order valence-corrected chi connectivity index (χ2v) is 6.34. The fraction of sp³-hybridized carbons (Fsp3) is 0.200. The molecular weight excluding hydrogens is 260 g/mol. The van der Waals surface area contributed by atoms with Gasteiger partial charge in [-0.2, -0.15) is 0 Å². The molecule has 0 unspecified atom stereocenters. The topological polar surface area (TPSA) is 20.2 Å². The molecule has 1 N–H and O–H groups in total. The second-order valence-electron chi connectivity index (χ2n) is 4.01. The summed E-state index contributed by atoms with van der Waals surface area (Å²) in [7, 11) is 0. The van der Waals surface area contributed by atoms with Gasteiger partial charge in [-0.15, -0.1) is 23.5 Å². The molecule has 0 atom stereocenters. The highest BCUT2D eigenvalue weighted by Crippen LogP contribution is 2.25. The quantitative estimate of drug-likeness (QED) is 0.637. The van der Waals surface area contributed by atoms with Gasteiger partial charge in [-0.3, -0.25) is 0 Å². The number of hydrogen-bond acceptors (Lipinski definition) is 3. The molecule has 2 rings (SSSR count). The number of aryl methyl sites for hydroxylation is 1. The van der Waals surface area contributed by atoms with Crippen molar-refractivity contribution < 1.29 is 5.11 Å². The molecule has 1 nitrogen and oxygen atoms in total. The summed E-state index contributed by atoms with van der Waals surface area (Å²) in [6.45, 7) is 2.10. The Hall–Kier alpha value is -1.06. The predicted octanol–water partition coefficient (Wildman–Crippen LogP) is 4.59. The zero-order valence-corrected chi connectivity index (χ0v) is 11.9. The van der Waals surface area contributed by atoms with Crippen LogP contribution in [0.1, 0.15) is 5.56 Å². The first-order valence-electron chi connectivity index (χ1n) is 5.85. The van der Waals surface area contributed by atoms with E-state index in [1.54, 1.807) is 23.9 Å². The van der Waals surface area contributed by atoms with Crippen molar-refractivity contribution in [3.63, 3.8) is 0 Å². The van der Waals surface area contributed by atoms with Crippen molar-refractivity contribution >= 4 is 23.5 Å². The molecule has 0 heterocycles. The van der Waals surface area contributed by atoms with Gasteiger partial charge in [-0.1, -0.05) is 23.8 Å². The summed E-state index contributed by atoms with van der Waals surface area (Å²) in [5.74, 6) is 2.46. The second kappa shape index (κ2) is 6.76. The van der Waals surface area contributed by atoms with Crippen molar-refractivity contribution in [1.29, 1.82) is 0 Å². The summed E-state index contributed by atoms with van der Waals surface area (Å²) in [4.78, 5) is 2.44. The normalized spacial score (nSPS) is 10.5. The summed E-state index contributed by atoms with van der Waals surface area (Å²) in [6.07, 6.45) is 0. The molecule has 2 aromatic rings. The van der Waals surface area contributed by atoms with E-state index in [-0.39, 0.29) is 0 Å². The molecular formula is C15H16OS2. The molecule has 0 aromatic heterocycles. The maximum atomic E-state index is 9.36. The molecule has 0 saturated heterocycles. The summed E-state index contributed by atoms with van der Waals surface area (Å²) >= 11 is 3.65. The molecule has 0 amide bonds. The molecule has 0 radical (unpaired) electrons. The van der Waals surface area contributed by atoms with Gasteiger partial charge in [0.05, 0.1) is 0 Å². The van der Waals surface area contributed by atoms with Gasteiger partial charge in [-0.25, -0.2) is 0 Å². The Morgan fingerprint density at radius 3 is 2.22 bits per heavy atom. The van der Waals surface area contributed by atoms with E-state index in [4.69, 9.17) is 0 Å². The number of rotatable bonds is 5. The Balaban J connectivity index is 1.74. The van der Waals surface area contributed by atoms with Crippen LogP contribution < -0.4 is 0 Å². The van der Waals surface area contributed by atoms with E-state index in [2.05, 4.69) is 31.2 Å². The van der Waals surface area contributed by atoms with Crippen molar-refractivity contribution in [2.24, 2.45) is 0 Å².